The number of carbonyl (C=O) groups is 1. The molecule has 17 heavy (non-hydrogen) atoms. The van der Waals surface area contributed by atoms with Gasteiger partial charge in [0.05, 0.1) is 0 Å². The Morgan fingerprint density at radius 1 is 1.29 bits per heavy atom. The third-order valence-corrected chi connectivity index (χ3v) is 5.91. The van der Waals surface area contributed by atoms with Crippen molar-refractivity contribution in [3.63, 3.8) is 0 Å². The van der Waals surface area contributed by atoms with E-state index in [-0.39, 0.29) is 4.75 Å². The SMILES string of the molecule is O=C1N2CCC[C@H]2[C@@H]2C[C@]12Sc1ccccc1. The lowest BCUT2D eigenvalue weighted by atomic mass is 10.1. The van der Waals surface area contributed by atoms with Crippen molar-refractivity contribution in [3.05, 3.63) is 30.3 Å². The minimum Gasteiger partial charge on any atom is -0.338 e. The second kappa shape index (κ2) is 3.29. The summed E-state index contributed by atoms with van der Waals surface area (Å²) in [7, 11) is 0. The second-order valence-corrected chi connectivity index (χ2v) is 6.73. The van der Waals surface area contributed by atoms with Crippen molar-refractivity contribution in [1.82, 2.24) is 4.90 Å². The lowest BCUT2D eigenvalue weighted by molar-refractivity contribution is -0.129. The van der Waals surface area contributed by atoms with Gasteiger partial charge in [-0.05, 0) is 31.4 Å². The summed E-state index contributed by atoms with van der Waals surface area (Å²) in [6.07, 6.45) is 3.54. The van der Waals surface area contributed by atoms with Crippen LogP contribution in [-0.2, 0) is 4.79 Å². The van der Waals surface area contributed by atoms with Gasteiger partial charge in [0.1, 0.15) is 4.75 Å². The molecule has 0 aromatic heterocycles. The van der Waals surface area contributed by atoms with E-state index in [1.165, 1.54) is 17.7 Å². The Hall–Kier alpha value is -0.960. The molecule has 3 fully saturated rings. The molecule has 1 amide bonds. The van der Waals surface area contributed by atoms with Gasteiger partial charge in [-0.1, -0.05) is 18.2 Å². The van der Waals surface area contributed by atoms with Gasteiger partial charge in [0, 0.05) is 23.4 Å². The number of rotatable bonds is 2. The number of fused-ring (bicyclic) bond motifs is 3. The molecule has 2 aliphatic heterocycles. The zero-order chi connectivity index (χ0) is 11.5. The van der Waals surface area contributed by atoms with E-state index in [2.05, 4.69) is 29.2 Å². The minimum atomic E-state index is -0.0769. The number of nitrogens with zero attached hydrogens (tertiary/aromatic N) is 1. The first-order valence-electron chi connectivity index (χ1n) is 6.36. The number of hydrogen-bond donors (Lipinski definition) is 0. The highest BCUT2D eigenvalue weighted by Gasteiger charge is 2.72. The number of benzene rings is 1. The Labute approximate surface area is 105 Å². The van der Waals surface area contributed by atoms with Crippen LogP contribution in [0.1, 0.15) is 19.3 Å². The van der Waals surface area contributed by atoms with Crippen molar-refractivity contribution in [2.24, 2.45) is 5.92 Å². The van der Waals surface area contributed by atoms with Crippen LogP contribution in [0, 0.1) is 5.92 Å². The number of amides is 1. The zero-order valence-electron chi connectivity index (χ0n) is 9.63. The Morgan fingerprint density at radius 3 is 2.88 bits per heavy atom. The van der Waals surface area contributed by atoms with Crippen LogP contribution in [0.4, 0.5) is 0 Å². The second-order valence-electron chi connectivity index (χ2n) is 5.32. The normalized spacial score (nSPS) is 38.1. The van der Waals surface area contributed by atoms with Gasteiger partial charge in [-0.15, -0.1) is 11.8 Å². The maximum Gasteiger partial charge on any atom is 0.239 e. The van der Waals surface area contributed by atoms with E-state index in [0.717, 1.165) is 13.0 Å². The molecule has 3 aliphatic rings. The molecular weight excluding hydrogens is 230 g/mol. The molecule has 3 atom stereocenters. The van der Waals surface area contributed by atoms with E-state index in [1.54, 1.807) is 11.8 Å². The van der Waals surface area contributed by atoms with E-state index in [1.807, 2.05) is 6.07 Å². The van der Waals surface area contributed by atoms with Crippen molar-refractivity contribution in [3.8, 4) is 0 Å². The molecule has 0 N–H and O–H groups in total. The summed E-state index contributed by atoms with van der Waals surface area (Å²) >= 11 is 1.80. The zero-order valence-corrected chi connectivity index (χ0v) is 10.5. The maximum absolute atomic E-state index is 12.5. The largest absolute Gasteiger partial charge is 0.338 e. The molecule has 0 unspecified atom stereocenters. The van der Waals surface area contributed by atoms with Crippen molar-refractivity contribution >= 4 is 17.7 Å². The Morgan fingerprint density at radius 2 is 2.12 bits per heavy atom. The minimum absolute atomic E-state index is 0.0769. The van der Waals surface area contributed by atoms with E-state index in [0.29, 0.717) is 17.9 Å². The van der Waals surface area contributed by atoms with Gasteiger partial charge < -0.3 is 4.90 Å². The van der Waals surface area contributed by atoms with Crippen LogP contribution in [0.25, 0.3) is 0 Å². The fourth-order valence-corrected chi connectivity index (χ4v) is 5.02. The molecule has 1 saturated carbocycles. The third-order valence-electron chi connectivity index (χ3n) is 4.39. The molecule has 0 radical (unpaired) electrons. The number of thioether (sulfide) groups is 1. The molecule has 88 valence electrons. The van der Waals surface area contributed by atoms with Crippen LogP contribution >= 0.6 is 11.8 Å². The molecule has 1 aromatic rings. The molecule has 1 aliphatic carbocycles. The first-order chi connectivity index (χ1) is 8.31. The van der Waals surface area contributed by atoms with Gasteiger partial charge in [-0.3, -0.25) is 4.79 Å². The topological polar surface area (TPSA) is 20.3 Å². The van der Waals surface area contributed by atoms with Crippen LogP contribution in [0.5, 0.6) is 0 Å². The molecule has 2 saturated heterocycles. The lowest BCUT2D eigenvalue weighted by Crippen LogP contribution is -2.34. The molecule has 1 aromatic carbocycles. The summed E-state index contributed by atoms with van der Waals surface area (Å²) in [5, 5.41) is 0. The summed E-state index contributed by atoms with van der Waals surface area (Å²) in [5.41, 5.74) is 0. The Bertz CT molecular complexity index is 474. The van der Waals surface area contributed by atoms with Crippen molar-refractivity contribution in [2.45, 2.75) is 34.9 Å². The average Bonchev–Trinajstić information content (AvgIpc) is 2.80. The van der Waals surface area contributed by atoms with Crippen molar-refractivity contribution < 1.29 is 4.79 Å². The van der Waals surface area contributed by atoms with Crippen molar-refractivity contribution in [1.29, 1.82) is 0 Å². The fraction of sp³-hybridized carbons (Fsp3) is 0.500. The van der Waals surface area contributed by atoms with E-state index in [9.17, 15) is 4.79 Å². The highest BCUT2D eigenvalue weighted by atomic mass is 32.2. The summed E-state index contributed by atoms with van der Waals surface area (Å²) < 4.78 is -0.0769. The van der Waals surface area contributed by atoms with Crippen LogP contribution in [0.3, 0.4) is 0 Å². The molecule has 0 spiro atoms. The molecule has 2 nitrogen and oxygen atoms in total. The van der Waals surface area contributed by atoms with Crippen LogP contribution in [0.15, 0.2) is 35.2 Å². The highest BCUT2D eigenvalue weighted by Crippen LogP contribution is 2.65. The van der Waals surface area contributed by atoms with Crippen LogP contribution in [-0.4, -0.2) is 28.1 Å². The average molecular weight is 245 g/mol. The van der Waals surface area contributed by atoms with E-state index in [4.69, 9.17) is 0 Å². The summed E-state index contributed by atoms with van der Waals surface area (Å²) in [4.78, 5) is 15.8. The fourth-order valence-electron chi connectivity index (χ4n) is 3.53. The summed E-state index contributed by atoms with van der Waals surface area (Å²) in [5.74, 6) is 1.04. The predicted molar refractivity (Wildman–Crippen MR) is 67.9 cm³/mol. The number of piperidine rings is 1. The van der Waals surface area contributed by atoms with Gasteiger partial charge in [-0.2, -0.15) is 0 Å². The highest BCUT2D eigenvalue weighted by molar-refractivity contribution is 8.01. The van der Waals surface area contributed by atoms with E-state index < -0.39 is 0 Å². The maximum atomic E-state index is 12.5. The van der Waals surface area contributed by atoms with Gasteiger partial charge in [0.2, 0.25) is 5.91 Å². The van der Waals surface area contributed by atoms with Crippen LogP contribution < -0.4 is 0 Å². The number of carbonyl (C=O) groups excluding carboxylic acids is 1. The summed E-state index contributed by atoms with van der Waals surface area (Å²) in [6, 6.07) is 10.9. The Balaban J connectivity index is 1.62. The van der Waals surface area contributed by atoms with Gasteiger partial charge in [-0.25, -0.2) is 0 Å². The smallest absolute Gasteiger partial charge is 0.239 e. The van der Waals surface area contributed by atoms with Gasteiger partial charge in [0.15, 0.2) is 0 Å². The Kier molecular flexibility index (Phi) is 1.93. The monoisotopic (exact) mass is 245 g/mol. The van der Waals surface area contributed by atoms with Gasteiger partial charge in [0.25, 0.3) is 0 Å². The molecule has 3 heteroatoms. The first kappa shape index (κ1) is 10.0. The third kappa shape index (κ3) is 1.26. The lowest BCUT2D eigenvalue weighted by Gasteiger charge is -2.20. The molecule has 4 rings (SSSR count). The predicted octanol–water partition coefficient (Wildman–Crippen LogP) is 2.54. The standard InChI is InChI=1S/C14H15NOS/c16-13-14(17-10-5-2-1-3-6-10)9-11(14)12-7-4-8-15(12)13/h1-3,5-6,11-12H,4,7-9H2/t11-,12-,14+/m0/s1. The number of hydrogen-bond acceptors (Lipinski definition) is 2. The molecule has 0 bridgehead atoms. The van der Waals surface area contributed by atoms with Crippen molar-refractivity contribution in [2.75, 3.05) is 6.54 Å². The molecule has 2 heterocycles. The van der Waals surface area contributed by atoms with Crippen LogP contribution in [0.2, 0.25) is 0 Å². The van der Waals surface area contributed by atoms with Gasteiger partial charge >= 0.3 is 0 Å². The first-order valence-corrected chi connectivity index (χ1v) is 7.18. The van der Waals surface area contributed by atoms with E-state index >= 15 is 0 Å². The summed E-state index contributed by atoms with van der Waals surface area (Å²) in [6.45, 7) is 0.997. The quantitative estimate of drug-likeness (QED) is 0.798. The molecular formula is C14H15NOS.